The normalized spacial score (nSPS) is 12.4. The number of nitrogens with one attached hydrogen (secondary N) is 1. The lowest BCUT2D eigenvalue weighted by atomic mass is 9.99. The Kier molecular flexibility index (Phi) is 7.69. The third-order valence-electron chi connectivity index (χ3n) is 6.68. The van der Waals surface area contributed by atoms with E-state index in [0.29, 0.717) is 42.7 Å². The van der Waals surface area contributed by atoms with Gasteiger partial charge in [0.15, 0.2) is 5.82 Å². The van der Waals surface area contributed by atoms with Crippen LogP contribution in [0.2, 0.25) is 5.02 Å². The van der Waals surface area contributed by atoms with Crippen LogP contribution in [-0.4, -0.2) is 43.8 Å². The largest absolute Gasteiger partial charge is 0.468 e. The van der Waals surface area contributed by atoms with E-state index in [1.165, 1.54) is 0 Å². The molecule has 0 spiro atoms. The number of aryl methyl sites for hydroxylation is 2. The molecule has 196 valence electrons. The van der Waals surface area contributed by atoms with Crippen molar-refractivity contribution in [3.8, 4) is 0 Å². The number of H-pyrrole nitrogens is 1. The van der Waals surface area contributed by atoms with Gasteiger partial charge in [-0.05, 0) is 71.3 Å². The number of aromatic amines is 1. The van der Waals surface area contributed by atoms with Crippen LogP contribution in [0.5, 0.6) is 0 Å². The number of fused-ring (bicyclic) bond motifs is 1. The van der Waals surface area contributed by atoms with Crippen molar-refractivity contribution in [2.24, 2.45) is 0 Å². The SMILES string of the molecule is COCCn1nnnc1C(c1cc2c(C)ccc(C)c2[nH]c1=O)N(Cc1ccc(Cl)cc1)Cc1ccco1. The third kappa shape index (κ3) is 5.40. The number of nitrogens with zero attached hydrogens (tertiary/aromatic N) is 5. The molecular formula is C28H29ClN6O3. The van der Waals surface area contributed by atoms with Gasteiger partial charge in [-0.3, -0.25) is 9.69 Å². The van der Waals surface area contributed by atoms with Crippen molar-refractivity contribution in [3.63, 3.8) is 0 Å². The maximum Gasteiger partial charge on any atom is 0.253 e. The van der Waals surface area contributed by atoms with Gasteiger partial charge in [0.05, 0.1) is 31.5 Å². The molecule has 0 aliphatic heterocycles. The molecule has 0 aliphatic rings. The predicted octanol–water partition coefficient (Wildman–Crippen LogP) is 4.82. The summed E-state index contributed by atoms with van der Waals surface area (Å²) in [4.78, 5) is 19.0. The van der Waals surface area contributed by atoms with E-state index < -0.39 is 6.04 Å². The third-order valence-corrected chi connectivity index (χ3v) is 6.93. The molecule has 1 unspecified atom stereocenters. The second kappa shape index (κ2) is 11.3. The number of halogens is 1. The van der Waals surface area contributed by atoms with Gasteiger partial charge in [0.2, 0.25) is 0 Å². The van der Waals surface area contributed by atoms with Gasteiger partial charge in [0, 0.05) is 29.6 Å². The lowest BCUT2D eigenvalue weighted by Gasteiger charge is -2.30. The van der Waals surface area contributed by atoms with Crippen molar-refractivity contribution in [2.45, 2.75) is 39.5 Å². The van der Waals surface area contributed by atoms with Crippen molar-refractivity contribution in [1.29, 1.82) is 0 Å². The summed E-state index contributed by atoms with van der Waals surface area (Å²) in [5.41, 5.74) is 4.26. The van der Waals surface area contributed by atoms with E-state index in [0.717, 1.165) is 33.4 Å². The smallest absolute Gasteiger partial charge is 0.253 e. The summed E-state index contributed by atoms with van der Waals surface area (Å²) in [6.07, 6.45) is 1.64. The number of furan rings is 1. The molecule has 5 rings (SSSR count). The van der Waals surface area contributed by atoms with Crippen LogP contribution in [0.3, 0.4) is 0 Å². The van der Waals surface area contributed by atoms with Crippen molar-refractivity contribution >= 4 is 22.5 Å². The van der Waals surface area contributed by atoms with Crippen LogP contribution in [0.25, 0.3) is 10.9 Å². The standard InChI is InChI=1S/C28H29ClN6O3/c1-18-6-7-19(2)25-23(18)15-24(28(36)30-25)26(27-31-32-33-35(27)12-14-37-3)34(17-22-5-4-13-38-22)16-20-8-10-21(29)11-9-20/h4-11,13,15,26H,12,14,16-17H2,1-3H3,(H,30,36). The maximum atomic E-state index is 13.7. The van der Waals surface area contributed by atoms with Gasteiger partial charge in [-0.2, -0.15) is 0 Å². The Morgan fingerprint density at radius 2 is 1.89 bits per heavy atom. The molecular weight excluding hydrogens is 504 g/mol. The second-order valence-corrected chi connectivity index (χ2v) is 9.74. The summed E-state index contributed by atoms with van der Waals surface area (Å²) in [5, 5.41) is 14.2. The van der Waals surface area contributed by atoms with Crippen LogP contribution < -0.4 is 5.56 Å². The molecule has 1 atom stereocenters. The minimum absolute atomic E-state index is 0.196. The monoisotopic (exact) mass is 532 g/mol. The topological polar surface area (TPSA) is 102 Å². The van der Waals surface area contributed by atoms with Crippen molar-refractivity contribution in [1.82, 2.24) is 30.1 Å². The minimum Gasteiger partial charge on any atom is -0.468 e. The molecule has 0 saturated carbocycles. The molecule has 10 heteroatoms. The van der Waals surface area contributed by atoms with Crippen LogP contribution in [-0.2, 0) is 24.4 Å². The molecule has 5 aromatic rings. The molecule has 0 saturated heterocycles. The molecule has 0 aliphatic carbocycles. The first-order chi connectivity index (χ1) is 18.4. The highest BCUT2D eigenvalue weighted by Gasteiger charge is 2.31. The van der Waals surface area contributed by atoms with E-state index in [2.05, 4.69) is 31.5 Å². The van der Waals surface area contributed by atoms with Gasteiger partial charge in [-0.15, -0.1) is 5.10 Å². The molecule has 2 aromatic carbocycles. The molecule has 0 bridgehead atoms. The first kappa shape index (κ1) is 25.8. The van der Waals surface area contributed by atoms with E-state index in [9.17, 15) is 4.79 Å². The first-order valence-electron chi connectivity index (χ1n) is 12.3. The Labute approximate surface area is 225 Å². The fourth-order valence-corrected chi connectivity index (χ4v) is 4.83. The van der Waals surface area contributed by atoms with Crippen LogP contribution in [0.15, 0.2) is 70.1 Å². The minimum atomic E-state index is -0.587. The Hall–Kier alpha value is -3.79. The van der Waals surface area contributed by atoms with Gasteiger partial charge in [0.25, 0.3) is 5.56 Å². The van der Waals surface area contributed by atoms with Gasteiger partial charge in [-0.25, -0.2) is 4.68 Å². The van der Waals surface area contributed by atoms with E-state index in [-0.39, 0.29) is 5.56 Å². The van der Waals surface area contributed by atoms with Crippen LogP contribution >= 0.6 is 11.6 Å². The molecule has 9 nitrogen and oxygen atoms in total. The summed E-state index contributed by atoms with van der Waals surface area (Å²) in [6.45, 7) is 5.80. The van der Waals surface area contributed by atoms with Crippen molar-refractivity contribution in [2.75, 3.05) is 13.7 Å². The predicted molar refractivity (Wildman–Crippen MR) is 145 cm³/mol. The number of tetrazole rings is 1. The fourth-order valence-electron chi connectivity index (χ4n) is 4.70. The lowest BCUT2D eigenvalue weighted by molar-refractivity contribution is 0.163. The number of hydrogen-bond donors (Lipinski definition) is 1. The van der Waals surface area contributed by atoms with Gasteiger partial charge in [0.1, 0.15) is 11.8 Å². The summed E-state index contributed by atoms with van der Waals surface area (Å²) < 4.78 is 12.7. The first-order valence-corrected chi connectivity index (χ1v) is 12.7. The number of pyridine rings is 1. The molecule has 3 heterocycles. The molecule has 38 heavy (non-hydrogen) atoms. The van der Waals surface area contributed by atoms with Gasteiger partial charge < -0.3 is 14.1 Å². The molecule has 0 amide bonds. The lowest BCUT2D eigenvalue weighted by Crippen LogP contribution is -2.35. The molecule has 3 aromatic heterocycles. The van der Waals surface area contributed by atoms with E-state index in [4.69, 9.17) is 20.8 Å². The zero-order valence-electron chi connectivity index (χ0n) is 21.5. The number of hydrogen-bond acceptors (Lipinski definition) is 7. The highest BCUT2D eigenvalue weighted by Crippen LogP contribution is 2.31. The molecule has 0 fully saturated rings. The van der Waals surface area contributed by atoms with Crippen molar-refractivity contribution < 1.29 is 9.15 Å². The fraction of sp³-hybridized carbons (Fsp3) is 0.286. The van der Waals surface area contributed by atoms with Gasteiger partial charge >= 0.3 is 0 Å². The van der Waals surface area contributed by atoms with E-state index >= 15 is 0 Å². The Morgan fingerprint density at radius 1 is 1.11 bits per heavy atom. The Balaban J connectivity index is 1.71. The molecule has 1 N–H and O–H groups in total. The average molecular weight is 533 g/mol. The number of benzene rings is 2. The van der Waals surface area contributed by atoms with E-state index in [1.807, 2.05) is 62.4 Å². The highest BCUT2D eigenvalue weighted by molar-refractivity contribution is 6.30. The second-order valence-electron chi connectivity index (χ2n) is 9.31. The summed E-state index contributed by atoms with van der Waals surface area (Å²) >= 11 is 6.16. The highest BCUT2D eigenvalue weighted by atomic mass is 35.5. The zero-order valence-corrected chi connectivity index (χ0v) is 22.3. The van der Waals surface area contributed by atoms with Gasteiger partial charge in [-0.1, -0.05) is 35.9 Å². The number of methoxy groups -OCH3 is 1. The zero-order chi connectivity index (χ0) is 26.6. The van der Waals surface area contributed by atoms with Crippen LogP contribution in [0, 0.1) is 13.8 Å². The number of rotatable bonds is 10. The number of ether oxygens (including phenoxy) is 1. The maximum absolute atomic E-state index is 13.7. The summed E-state index contributed by atoms with van der Waals surface area (Å²) in [7, 11) is 1.63. The number of aromatic nitrogens is 5. The quantitative estimate of drug-likeness (QED) is 0.275. The Bertz CT molecular complexity index is 1580. The Morgan fingerprint density at radius 3 is 2.63 bits per heavy atom. The van der Waals surface area contributed by atoms with E-state index in [1.54, 1.807) is 18.1 Å². The average Bonchev–Trinajstić information content (AvgIpc) is 3.59. The van der Waals surface area contributed by atoms with Crippen LogP contribution in [0.1, 0.15) is 39.9 Å². The molecule has 0 radical (unpaired) electrons. The summed E-state index contributed by atoms with van der Waals surface area (Å²) in [6, 6.07) is 16.9. The van der Waals surface area contributed by atoms with Crippen molar-refractivity contribution in [3.05, 3.63) is 110 Å². The summed E-state index contributed by atoms with van der Waals surface area (Å²) in [5.74, 6) is 1.29. The van der Waals surface area contributed by atoms with Crippen LogP contribution in [0.4, 0.5) is 0 Å².